The third-order valence-electron chi connectivity index (χ3n) is 4.56. The van der Waals surface area contributed by atoms with Gasteiger partial charge in [-0.3, -0.25) is 4.79 Å². The van der Waals surface area contributed by atoms with Crippen molar-refractivity contribution in [1.29, 1.82) is 0 Å². The fraction of sp³-hybridized carbons (Fsp3) is 0.333. The molecule has 0 spiro atoms. The lowest BCUT2D eigenvalue weighted by Gasteiger charge is -2.19. The number of hydrogen-bond acceptors (Lipinski definition) is 4. The van der Waals surface area contributed by atoms with Gasteiger partial charge in [-0.1, -0.05) is 35.9 Å². The highest BCUT2D eigenvalue weighted by molar-refractivity contribution is 6.31. The Hall–Kier alpha value is -2.77. The molecule has 154 valence electrons. The summed E-state index contributed by atoms with van der Waals surface area (Å²) < 4.78 is 11.3. The van der Waals surface area contributed by atoms with Crippen LogP contribution < -0.4 is 21.1 Å². The van der Waals surface area contributed by atoms with E-state index in [1.54, 1.807) is 42.5 Å². The van der Waals surface area contributed by atoms with Gasteiger partial charge in [0.05, 0.1) is 18.6 Å². The standard InChI is InChI=1S/C21H24ClN3O4/c22-18-9-2-1-8-17(18)19(25-21(23)27)12-20(26)24-14-5-3-6-15(11-14)29-13-16-7-4-10-28-16/h1-3,5-6,8-9,11,16,19H,4,7,10,12-13H2,(H,24,26)(H3,23,25,27). The van der Waals surface area contributed by atoms with E-state index < -0.39 is 12.1 Å². The first-order chi connectivity index (χ1) is 14.0. The SMILES string of the molecule is NC(=O)NC(CC(=O)Nc1cccc(OCC2CCCO2)c1)c1ccccc1Cl. The molecule has 0 radical (unpaired) electrons. The number of nitrogens with two attached hydrogens (primary N) is 1. The van der Waals surface area contributed by atoms with Crippen LogP contribution in [0.4, 0.5) is 10.5 Å². The second-order valence-corrected chi connectivity index (χ2v) is 7.22. The Morgan fingerprint density at radius 3 is 2.79 bits per heavy atom. The summed E-state index contributed by atoms with van der Waals surface area (Å²) in [5, 5.41) is 5.84. The van der Waals surface area contributed by atoms with Gasteiger partial charge in [-0.2, -0.15) is 0 Å². The summed E-state index contributed by atoms with van der Waals surface area (Å²) in [7, 11) is 0. The number of ether oxygens (including phenoxy) is 2. The monoisotopic (exact) mass is 417 g/mol. The van der Waals surface area contributed by atoms with Crippen molar-refractivity contribution in [3.63, 3.8) is 0 Å². The molecule has 29 heavy (non-hydrogen) atoms. The molecule has 1 aliphatic heterocycles. The highest BCUT2D eigenvalue weighted by Gasteiger charge is 2.20. The lowest BCUT2D eigenvalue weighted by molar-refractivity contribution is -0.116. The van der Waals surface area contributed by atoms with Gasteiger partial charge >= 0.3 is 6.03 Å². The Morgan fingerprint density at radius 2 is 2.07 bits per heavy atom. The second-order valence-electron chi connectivity index (χ2n) is 6.81. The van der Waals surface area contributed by atoms with Crippen molar-refractivity contribution in [3.8, 4) is 5.75 Å². The average Bonchev–Trinajstić information content (AvgIpc) is 3.20. The van der Waals surface area contributed by atoms with Crippen LogP contribution in [-0.2, 0) is 9.53 Å². The Balaban J connectivity index is 1.61. The van der Waals surface area contributed by atoms with Crippen molar-refractivity contribution in [1.82, 2.24) is 5.32 Å². The fourth-order valence-corrected chi connectivity index (χ4v) is 3.46. The Morgan fingerprint density at radius 1 is 1.24 bits per heavy atom. The molecule has 2 aromatic rings. The van der Waals surface area contributed by atoms with Gasteiger partial charge in [0, 0.05) is 23.4 Å². The van der Waals surface area contributed by atoms with Gasteiger partial charge in [-0.25, -0.2) is 4.79 Å². The summed E-state index contributed by atoms with van der Waals surface area (Å²) >= 11 is 6.20. The zero-order valence-electron chi connectivity index (χ0n) is 15.9. The average molecular weight is 418 g/mol. The molecule has 1 fully saturated rings. The molecular formula is C21H24ClN3O4. The molecule has 0 aliphatic carbocycles. The normalized spacial score (nSPS) is 16.8. The maximum atomic E-state index is 12.6. The number of primary amides is 1. The van der Waals surface area contributed by atoms with Crippen LogP contribution in [0.3, 0.4) is 0 Å². The first-order valence-electron chi connectivity index (χ1n) is 9.46. The van der Waals surface area contributed by atoms with Gasteiger partial charge in [-0.05, 0) is 36.6 Å². The van der Waals surface area contributed by atoms with E-state index in [0.717, 1.165) is 19.4 Å². The smallest absolute Gasteiger partial charge is 0.312 e. The molecule has 2 atom stereocenters. The molecular weight excluding hydrogens is 394 g/mol. The molecule has 1 heterocycles. The van der Waals surface area contributed by atoms with E-state index in [9.17, 15) is 9.59 Å². The molecule has 0 aromatic heterocycles. The maximum absolute atomic E-state index is 12.6. The zero-order chi connectivity index (χ0) is 20.6. The molecule has 0 bridgehead atoms. The van der Waals surface area contributed by atoms with Crippen LogP contribution in [0.1, 0.15) is 30.9 Å². The van der Waals surface area contributed by atoms with Gasteiger partial charge in [0.1, 0.15) is 12.4 Å². The van der Waals surface area contributed by atoms with Crippen LogP contribution in [0, 0.1) is 0 Å². The number of amides is 3. The topological polar surface area (TPSA) is 103 Å². The quantitative estimate of drug-likeness (QED) is 0.610. The van der Waals surface area contributed by atoms with Crippen LogP contribution in [0.2, 0.25) is 5.02 Å². The van der Waals surface area contributed by atoms with Crippen LogP contribution in [0.5, 0.6) is 5.75 Å². The lowest BCUT2D eigenvalue weighted by Crippen LogP contribution is -2.35. The van der Waals surface area contributed by atoms with E-state index in [1.807, 2.05) is 6.07 Å². The maximum Gasteiger partial charge on any atom is 0.312 e. The molecule has 3 rings (SSSR count). The number of rotatable bonds is 8. The Labute approximate surface area is 174 Å². The van der Waals surface area contributed by atoms with Gasteiger partial charge < -0.3 is 25.8 Å². The minimum absolute atomic E-state index is 0.0202. The third-order valence-corrected chi connectivity index (χ3v) is 4.91. The van der Waals surface area contributed by atoms with Crippen molar-refractivity contribution in [2.75, 3.05) is 18.5 Å². The number of anilines is 1. The van der Waals surface area contributed by atoms with E-state index in [4.69, 9.17) is 26.8 Å². The molecule has 2 aromatic carbocycles. The first kappa shape index (κ1) is 21.0. The summed E-state index contributed by atoms with van der Waals surface area (Å²) in [5.74, 6) is 0.358. The van der Waals surface area contributed by atoms with Crippen molar-refractivity contribution < 1.29 is 19.1 Å². The predicted molar refractivity (Wildman–Crippen MR) is 111 cm³/mol. The first-order valence-corrected chi connectivity index (χ1v) is 9.84. The molecule has 0 saturated carbocycles. The number of carbonyl (C=O) groups is 2. The van der Waals surface area contributed by atoms with E-state index in [0.29, 0.717) is 28.6 Å². The molecule has 4 N–H and O–H groups in total. The largest absolute Gasteiger partial charge is 0.491 e. The molecule has 3 amide bonds. The van der Waals surface area contributed by atoms with Crippen molar-refractivity contribution >= 4 is 29.2 Å². The Bertz CT molecular complexity index is 855. The van der Waals surface area contributed by atoms with Crippen molar-refractivity contribution in [2.45, 2.75) is 31.4 Å². The molecule has 1 saturated heterocycles. The van der Waals surface area contributed by atoms with Crippen molar-refractivity contribution in [3.05, 3.63) is 59.1 Å². The van der Waals surface area contributed by atoms with E-state index in [-0.39, 0.29) is 18.4 Å². The molecule has 1 aliphatic rings. The second kappa shape index (κ2) is 10.1. The third kappa shape index (κ3) is 6.37. The van der Waals surface area contributed by atoms with Gasteiger partial charge in [0.25, 0.3) is 0 Å². The van der Waals surface area contributed by atoms with Gasteiger partial charge in [-0.15, -0.1) is 0 Å². The fourth-order valence-electron chi connectivity index (χ4n) is 3.19. The number of nitrogens with one attached hydrogen (secondary N) is 2. The van der Waals surface area contributed by atoms with Crippen LogP contribution >= 0.6 is 11.6 Å². The number of urea groups is 1. The molecule has 2 unspecified atom stereocenters. The number of benzene rings is 2. The minimum Gasteiger partial charge on any atom is -0.491 e. The van der Waals surface area contributed by atoms with E-state index in [1.165, 1.54) is 0 Å². The van der Waals surface area contributed by atoms with Crippen LogP contribution in [0.25, 0.3) is 0 Å². The van der Waals surface area contributed by atoms with E-state index in [2.05, 4.69) is 10.6 Å². The highest BCUT2D eigenvalue weighted by Crippen LogP contribution is 2.26. The summed E-state index contributed by atoms with van der Waals surface area (Å²) in [6.07, 6.45) is 2.14. The van der Waals surface area contributed by atoms with E-state index >= 15 is 0 Å². The lowest BCUT2D eigenvalue weighted by atomic mass is 10.0. The van der Waals surface area contributed by atoms with Crippen molar-refractivity contribution in [2.24, 2.45) is 5.73 Å². The summed E-state index contributed by atoms with van der Waals surface area (Å²) in [4.78, 5) is 23.9. The molecule has 7 nitrogen and oxygen atoms in total. The molecule has 8 heteroatoms. The zero-order valence-corrected chi connectivity index (χ0v) is 16.7. The Kier molecular flexibility index (Phi) is 7.32. The minimum atomic E-state index is -0.729. The van der Waals surface area contributed by atoms with Crippen LogP contribution in [-0.4, -0.2) is 31.3 Å². The van der Waals surface area contributed by atoms with Gasteiger partial charge in [0.2, 0.25) is 5.91 Å². The summed E-state index contributed by atoms with van der Waals surface area (Å²) in [6, 6.07) is 12.8. The number of halogens is 1. The van der Waals surface area contributed by atoms with Gasteiger partial charge in [0.15, 0.2) is 0 Å². The number of hydrogen-bond donors (Lipinski definition) is 3. The van der Waals surface area contributed by atoms with Crippen LogP contribution in [0.15, 0.2) is 48.5 Å². The summed E-state index contributed by atoms with van der Waals surface area (Å²) in [6.45, 7) is 1.25. The predicted octanol–water partition coefficient (Wildman–Crippen LogP) is 3.64. The highest BCUT2D eigenvalue weighted by atomic mass is 35.5. The summed E-state index contributed by atoms with van der Waals surface area (Å²) in [5.41, 5.74) is 6.48. The number of carbonyl (C=O) groups excluding carboxylic acids is 2.